The molecule has 0 aromatic carbocycles. The van der Waals surface area contributed by atoms with E-state index in [1.165, 1.54) is 35.0 Å². The standard InChI is InChI=1S/C19H17N5O6S/c1-3-7-30-23-14(12-5-4-6-13(21-12)20-9-25)16(26)22-15-17(27)24-8-11(19(28)29)10(2)31-18(15)24/h1,4-6,8-10,15,18H,7H2,2H3,(H,22,26)(H,28,29)(H,20,21,25)/t10?,15?,18-/m1/s1. The summed E-state index contributed by atoms with van der Waals surface area (Å²) in [5.41, 5.74) is -0.0533. The number of aliphatic carboxylic acids is 1. The topological polar surface area (TPSA) is 150 Å². The van der Waals surface area contributed by atoms with Gasteiger partial charge in [0, 0.05) is 11.4 Å². The molecule has 1 saturated heterocycles. The highest BCUT2D eigenvalue weighted by molar-refractivity contribution is 8.00. The van der Waals surface area contributed by atoms with E-state index in [9.17, 15) is 24.3 Å². The number of hydrogen-bond donors (Lipinski definition) is 3. The molecule has 0 spiro atoms. The monoisotopic (exact) mass is 443 g/mol. The highest BCUT2D eigenvalue weighted by Gasteiger charge is 2.51. The largest absolute Gasteiger partial charge is 0.478 e. The van der Waals surface area contributed by atoms with Gasteiger partial charge in [0.05, 0.1) is 5.57 Å². The molecule has 2 unspecified atom stereocenters. The van der Waals surface area contributed by atoms with Crippen LogP contribution in [0.25, 0.3) is 0 Å². The summed E-state index contributed by atoms with van der Waals surface area (Å²) >= 11 is 1.24. The van der Waals surface area contributed by atoms with Gasteiger partial charge in [-0.05, 0) is 19.1 Å². The second kappa shape index (κ2) is 9.31. The minimum Gasteiger partial charge on any atom is -0.478 e. The lowest BCUT2D eigenvalue weighted by molar-refractivity contribution is -0.144. The Balaban J connectivity index is 1.80. The molecular formula is C19H17N5O6S. The third-order valence-electron chi connectivity index (χ3n) is 4.39. The molecule has 12 heteroatoms. The first-order valence-electron chi connectivity index (χ1n) is 8.92. The number of pyridine rings is 1. The minimum atomic E-state index is -1.10. The third-order valence-corrected chi connectivity index (χ3v) is 5.83. The second-order valence-corrected chi connectivity index (χ2v) is 7.81. The Labute approximate surface area is 180 Å². The van der Waals surface area contributed by atoms with Gasteiger partial charge >= 0.3 is 5.97 Å². The molecule has 0 saturated carbocycles. The van der Waals surface area contributed by atoms with Crippen LogP contribution < -0.4 is 10.6 Å². The fourth-order valence-corrected chi connectivity index (χ4v) is 4.29. The number of nitrogens with zero attached hydrogens (tertiary/aromatic N) is 3. The Hall–Kier alpha value is -3.85. The van der Waals surface area contributed by atoms with Gasteiger partial charge in [-0.2, -0.15) is 0 Å². The zero-order valence-electron chi connectivity index (χ0n) is 16.1. The number of carboxylic acid groups (broad SMARTS) is 1. The number of carbonyl (C=O) groups is 4. The molecule has 3 rings (SSSR count). The Bertz CT molecular complexity index is 1030. The van der Waals surface area contributed by atoms with E-state index in [-0.39, 0.29) is 34.7 Å². The maximum absolute atomic E-state index is 12.9. The molecule has 3 N–H and O–H groups in total. The molecule has 3 heterocycles. The number of terminal acetylenes is 1. The number of hydrogen-bond acceptors (Lipinski definition) is 8. The first-order valence-corrected chi connectivity index (χ1v) is 9.86. The van der Waals surface area contributed by atoms with Gasteiger partial charge in [-0.1, -0.05) is 17.1 Å². The quantitative estimate of drug-likeness (QED) is 0.124. The summed E-state index contributed by atoms with van der Waals surface area (Å²) in [5, 5.41) is 17.1. The Morgan fingerprint density at radius 3 is 2.94 bits per heavy atom. The molecule has 11 nitrogen and oxygen atoms in total. The van der Waals surface area contributed by atoms with Crippen LogP contribution >= 0.6 is 11.8 Å². The number of fused-ring (bicyclic) bond motifs is 1. The van der Waals surface area contributed by atoms with Crippen LogP contribution in [0.5, 0.6) is 0 Å². The molecule has 2 aliphatic heterocycles. The number of rotatable bonds is 8. The number of carboxylic acids is 1. The van der Waals surface area contributed by atoms with Gasteiger partial charge in [-0.25, -0.2) is 9.78 Å². The van der Waals surface area contributed by atoms with Gasteiger partial charge in [0.1, 0.15) is 22.9 Å². The van der Waals surface area contributed by atoms with Crippen LogP contribution in [0.2, 0.25) is 0 Å². The molecule has 1 fully saturated rings. The highest BCUT2D eigenvalue weighted by atomic mass is 32.2. The fraction of sp³-hybridized carbons (Fsp3) is 0.263. The lowest BCUT2D eigenvalue weighted by atomic mass is 10.1. The molecule has 2 aliphatic rings. The van der Waals surface area contributed by atoms with E-state index in [2.05, 4.69) is 26.7 Å². The number of nitrogens with one attached hydrogen (secondary N) is 2. The van der Waals surface area contributed by atoms with Crippen LogP contribution in [-0.4, -0.2) is 68.2 Å². The molecule has 1 aromatic rings. The van der Waals surface area contributed by atoms with E-state index in [1.807, 2.05) is 0 Å². The number of anilines is 1. The zero-order chi connectivity index (χ0) is 22.5. The van der Waals surface area contributed by atoms with Crippen molar-refractivity contribution >= 4 is 47.5 Å². The first-order chi connectivity index (χ1) is 14.9. The smallest absolute Gasteiger partial charge is 0.334 e. The number of β-lactam (4-membered cyclic amide) rings is 1. The van der Waals surface area contributed by atoms with Gasteiger partial charge in [0.25, 0.3) is 11.8 Å². The first kappa shape index (κ1) is 21.8. The predicted molar refractivity (Wildman–Crippen MR) is 111 cm³/mol. The average molecular weight is 443 g/mol. The average Bonchev–Trinajstić information content (AvgIpc) is 2.75. The van der Waals surface area contributed by atoms with Gasteiger partial charge in [0.15, 0.2) is 12.3 Å². The summed E-state index contributed by atoms with van der Waals surface area (Å²) in [6.07, 6.45) is 6.85. The van der Waals surface area contributed by atoms with Crippen molar-refractivity contribution in [3.63, 3.8) is 0 Å². The number of aromatic nitrogens is 1. The van der Waals surface area contributed by atoms with Gasteiger partial charge in [0.2, 0.25) is 6.41 Å². The fourth-order valence-electron chi connectivity index (χ4n) is 2.92. The summed E-state index contributed by atoms with van der Waals surface area (Å²) in [6.45, 7) is 1.51. The third kappa shape index (κ3) is 4.51. The van der Waals surface area contributed by atoms with Crippen LogP contribution in [0.3, 0.4) is 0 Å². The van der Waals surface area contributed by atoms with E-state index < -0.39 is 29.2 Å². The van der Waals surface area contributed by atoms with Crippen LogP contribution in [0.4, 0.5) is 5.82 Å². The summed E-state index contributed by atoms with van der Waals surface area (Å²) in [7, 11) is 0. The normalized spacial score (nSPS) is 22.3. The lowest BCUT2D eigenvalue weighted by Crippen LogP contribution is -2.69. The van der Waals surface area contributed by atoms with Crippen LogP contribution in [0.15, 0.2) is 35.1 Å². The number of thioether (sulfide) groups is 1. The number of carbonyl (C=O) groups excluding carboxylic acids is 3. The van der Waals surface area contributed by atoms with Crippen molar-refractivity contribution in [2.75, 3.05) is 11.9 Å². The summed E-state index contributed by atoms with van der Waals surface area (Å²) in [4.78, 5) is 57.6. The molecule has 0 aliphatic carbocycles. The van der Waals surface area contributed by atoms with Crippen molar-refractivity contribution in [1.29, 1.82) is 0 Å². The summed E-state index contributed by atoms with van der Waals surface area (Å²) in [6, 6.07) is 3.64. The Morgan fingerprint density at radius 1 is 1.48 bits per heavy atom. The maximum Gasteiger partial charge on any atom is 0.334 e. The molecule has 0 bridgehead atoms. The van der Waals surface area contributed by atoms with Gasteiger partial charge in [-0.3, -0.25) is 14.4 Å². The van der Waals surface area contributed by atoms with Crippen molar-refractivity contribution in [1.82, 2.24) is 15.2 Å². The SMILES string of the molecule is C#CCON=C(C(=O)NC1C(=O)N2C=C(C(=O)O)C(C)S[C@H]12)c1cccc(NC=O)n1. The van der Waals surface area contributed by atoms with E-state index >= 15 is 0 Å². The van der Waals surface area contributed by atoms with Crippen LogP contribution in [0.1, 0.15) is 12.6 Å². The van der Waals surface area contributed by atoms with Crippen molar-refractivity contribution in [3.05, 3.63) is 35.7 Å². The molecule has 3 atom stereocenters. The molecule has 160 valence electrons. The Morgan fingerprint density at radius 2 is 2.26 bits per heavy atom. The molecule has 31 heavy (non-hydrogen) atoms. The van der Waals surface area contributed by atoms with Crippen molar-refractivity contribution in [2.45, 2.75) is 23.6 Å². The molecule has 0 radical (unpaired) electrons. The van der Waals surface area contributed by atoms with E-state index in [4.69, 9.17) is 11.3 Å². The maximum atomic E-state index is 12.9. The Kier molecular flexibility index (Phi) is 6.56. The van der Waals surface area contributed by atoms with Crippen LogP contribution in [-0.2, 0) is 24.0 Å². The summed E-state index contributed by atoms with van der Waals surface area (Å²) in [5.74, 6) is 0.0910. The van der Waals surface area contributed by atoms with Crippen molar-refractivity contribution in [2.24, 2.45) is 5.16 Å². The second-order valence-electron chi connectivity index (χ2n) is 6.34. The zero-order valence-corrected chi connectivity index (χ0v) is 17.0. The molecule has 1 aromatic heterocycles. The van der Waals surface area contributed by atoms with E-state index in [1.54, 1.807) is 13.0 Å². The highest BCUT2D eigenvalue weighted by Crippen LogP contribution is 2.40. The molecule has 3 amide bonds. The van der Waals surface area contributed by atoms with Crippen LogP contribution in [0, 0.1) is 12.3 Å². The van der Waals surface area contributed by atoms with Gasteiger partial charge in [-0.15, -0.1) is 18.2 Å². The summed E-state index contributed by atoms with van der Waals surface area (Å²) < 4.78 is 0. The van der Waals surface area contributed by atoms with Gasteiger partial charge < -0.3 is 25.5 Å². The van der Waals surface area contributed by atoms with Crippen molar-refractivity contribution in [3.8, 4) is 12.3 Å². The minimum absolute atomic E-state index is 0.0859. The van der Waals surface area contributed by atoms with E-state index in [0.717, 1.165) is 0 Å². The predicted octanol–water partition coefficient (Wildman–Crippen LogP) is -0.239. The lowest BCUT2D eigenvalue weighted by Gasteiger charge is -2.48. The number of amides is 3. The van der Waals surface area contributed by atoms with Crippen molar-refractivity contribution < 1.29 is 29.1 Å². The number of oxime groups is 1. The molecular weight excluding hydrogens is 426 g/mol. The van der Waals surface area contributed by atoms with E-state index in [0.29, 0.717) is 6.41 Å².